The number of allylic oxidation sites excluding steroid dienone is 4. The number of rotatable bonds is 1. The second-order valence-corrected chi connectivity index (χ2v) is 4.45. The maximum Gasteiger partial charge on any atom is 0.0960 e. The molecule has 0 bridgehead atoms. The Morgan fingerprint density at radius 3 is 2.62 bits per heavy atom. The first-order valence-electron chi connectivity index (χ1n) is 6.16. The molecule has 0 aliphatic carbocycles. The minimum atomic E-state index is 0.00736. The molecule has 0 atom stereocenters. The summed E-state index contributed by atoms with van der Waals surface area (Å²) in [5, 5.41) is 3.40. The molecule has 0 aromatic heterocycles. The Morgan fingerprint density at radius 1 is 1.25 bits per heavy atom. The van der Waals surface area contributed by atoms with Crippen LogP contribution < -0.4 is 5.32 Å². The molecular weight excluding hydrogens is 198 g/mol. The molecule has 0 radical (unpaired) electrons. The number of nitrogens with one attached hydrogen (secondary N) is 1. The molecule has 0 saturated carbocycles. The van der Waals surface area contributed by atoms with Gasteiger partial charge >= 0.3 is 0 Å². The molecule has 2 heterocycles. The summed E-state index contributed by atoms with van der Waals surface area (Å²) < 4.78 is 6.08. The van der Waals surface area contributed by atoms with Crippen LogP contribution in [0.1, 0.15) is 26.7 Å². The molecule has 2 aliphatic rings. The van der Waals surface area contributed by atoms with Crippen LogP contribution in [0.25, 0.3) is 0 Å². The summed E-state index contributed by atoms with van der Waals surface area (Å²) >= 11 is 0. The Labute approximate surface area is 98.1 Å². The van der Waals surface area contributed by atoms with Crippen molar-refractivity contribution < 1.29 is 4.74 Å². The van der Waals surface area contributed by atoms with Crippen LogP contribution in [0.4, 0.5) is 0 Å². The first-order valence-corrected chi connectivity index (χ1v) is 6.16. The number of ether oxygens (including phenoxy) is 1. The van der Waals surface area contributed by atoms with Gasteiger partial charge in [-0.05, 0) is 50.9 Å². The molecule has 0 aromatic carbocycles. The van der Waals surface area contributed by atoms with E-state index in [0.717, 1.165) is 32.5 Å². The fourth-order valence-corrected chi connectivity index (χ4v) is 2.71. The average Bonchev–Trinajstić information content (AvgIpc) is 2.65. The van der Waals surface area contributed by atoms with Crippen molar-refractivity contribution in [1.82, 2.24) is 5.32 Å². The predicted molar refractivity (Wildman–Crippen MR) is 67.4 cm³/mol. The van der Waals surface area contributed by atoms with Gasteiger partial charge in [-0.15, -0.1) is 0 Å². The zero-order valence-corrected chi connectivity index (χ0v) is 10.3. The van der Waals surface area contributed by atoms with Crippen molar-refractivity contribution in [3.63, 3.8) is 0 Å². The first-order chi connectivity index (χ1) is 7.82. The number of hydrogen-bond acceptors (Lipinski definition) is 2. The van der Waals surface area contributed by atoms with E-state index in [1.54, 1.807) is 0 Å². The molecule has 1 N–H and O–H groups in total. The molecule has 16 heavy (non-hydrogen) atoms. The van der Waals surface area contributed by atoms with Gasteiger partial charge in [0.2, 0.25) is 0 Å². The maximum atomic E-state index is 6.08. The van der Waals surface area contributed by atoms with E-state index in [4.69, 9.17) is 4.74 Å². The Morgan fingerprint density at radius 2 is 2.00 bits per heavy atom. The van der Waals surface area contributed by atoms with Gasteiger partial charge in [0, 0.05) is 0 Å². The van der Waals surface area contributed by atoms with Crippen molar-refractivity contribution in [1.29, 1.82) is 0 Å². The topological polar surface area (TPSA) is 21.3 Å². The van der Waals surface area contributed by atoms with E-state index in [9.17, 15) is 0 Å². The smallest absolute Gasteiger partial charge is 0.0960 e. The lowest BCUT2D eigenvalue weighted by atomic mass is 9.83. The Hall–Kier alpha value is -0.860. The molecule has 1 spiro atoms. The Balaban J connectivity index is 2.24. The summed E-state index contributed by atoms with van der Waals surface area (Å²) in [7, 11) is 0. The van der Waals surface area contributed by atoms with Gasteiger partial charge in [0.25, 0.3) is 0 Å². The molecule has 0 amide bonds. The van der Waals surface area contributed by atoms with Gasteiger partial charge in [-0.1, -0.05) is 24.3 Å². The highest BCUT2D eigenvalue weighted by atomic mass is 16.5. The van der Waals surface area contributed by atoms with Crippen molar-refractivity contribution in [2.45, 2.75) is 32.3 Å². The summed E-state index contributed by atoms with van der Waals surface area (Å²) in [6.07, 6.45) is 10.8. The summed E-state index contributed by atoms with van der Waals surface area (Å²) in [6, 6.07) is 0. The summed E-state index contributed by atoms with van der Waals surface area (Å²) in [5.74, 6) is 0. The standard InChI is InChI=1S/C14H21NO/c1-3-5-6-12-11-16-14(13(12)4-2)7-9-15-10-8-14/h3-6,15H,7-11H2,1-2H3/b5-3-,12-6-,13-4+. The van der Waals surface area contributed by atoms with Gasteiger partial charge in [-0.3, -0.25) is 0 Å². The fourth-order valence-electron chi connectivity index (χ4n) is 2.71. The first kappa shape index (κ1) is 11.6. The largest absolute Gasteiger partial charge is 0.366 e. The minimum absolute atomic E-state index is 0.00736. The monoisotopic (exact) mass is 219 g/mol. The molecule has 0 unspecified atom stereocenters. The highest BCUT2D eigenvalue weighted by Gasteiger charge is 2.42. The van der Waals surface area contributed by atoms with E-state index in [1.807, 2.05) is 6.92 Å². The summed E-state index contributed by atoms with van der Waals surface area (Å²) in [6.45, 7) is 7.06. The van der Waals surface area contributed by atoms with E-state index in [1.165, 1.54) is 11.1 Å². The highest BCUT2D eigenvalue weighted by Crippen LogP contribution is 2.41. The van der Waals surface area contributed by atoms with E-state index >= 15 is 0 Å². The van der Waals surface area contributed by atoms with Gasteiger partial charge < -0.3 is 10.1 Å². The molecule has 2 saturated heterocycles. The molecular formula is C14H21NO. The second kappa shape index (κ2) is 4.98. The summed E-state index contributed by atoms with van der Waals surface area (Å²) in [4.78, 5) is 0. The van der Waals surface area contributed by atoms with Crippen LogP contribution in [-0.2, 0) is 4.74 Å². The van der Waals surface area contributed by atoms with Crippen molar-refractivity contribution in [2.24, 2.45) is 0 Å². The van der Waals surface area contributed by atoms with E-state index in [2.05, 4.69) is 36.5 Å². The van der Waals surface area contributed by atoms with Crippen LogP contribution in [0.5, 0.6) is 0 Å². The van der Waals surface area contributed by atoms with Crippen molar-refractivity contribution in [3.05, 3.63) is 35.5 Å². The van der Waals surface area contributed by atoms with Gasteiger partial charge in [0.15, 0.2) is 0 Å². The number of piperidine rings is 1. The average molecular weight is 219 g/mol. The molecule has 0 aromatic rings. The second-order valence-electron chi connectivity index (χ2n) is 4.45. The minimum Gasteiger partial charge on any atom is -0.366 e. The zero-order chi connectivity index (χ0) is 11.4. The van der Waals surface area contributed by atoms with Crippen LogP contribution in [0, 0.1) is 0 Å². The van der Waals surface area contributed by atoms with Crippen LogP contribution in [0.15, 0.2) is 35.5 Å². The fraction of sp³-hybridized carbons (Fsp3) is 0.571. The lowest BCUT2D eigenvalue weighted by Gasteiger charge is -2.34. The third-order valence-electron chi connectivity index (χ3n) is 3.53. The number of hydrogen-bond donors (Lipinski definition) is 1. The van der Waals surface area contributed by atoms with E-state index in [0.29, 0.717) is 0 Å². The Bertz CT molecular complexity index is 333. The molecule has 88 valence electrons. The molecule has 2 rings (SSSR count). The van der Waals surface area contributed by atoms with Crippen LogP contribution in [-0.4, -0.2) is 25.3 Å². The van der Waals surface area contributed by atoms with Crippen molar-refractivity contribution >= 4 is 0 Å². The Kier molecular flexibility index (Phi) is 3.62. The molecule has 2 aliphatic heterocycles. The van der Waals surface area contributed by atoms with E-state index in [-0.39, 0.29) is 5.60 Å². The van der Waals surface area contributed by atoms with Gasteiger partial charge in [0.1, 0.15) is 0 Å². The zero-order valence-electron chi connectivity index (χ0n) is 10.3. The molecule has 2 nitrogen and oxygen atoms in total. The lowest BCUT2D eigenvalue weighted by molar-refractivity contribution is 0.00318. The van der Waals surface area contributed by atoms with Crippen LogP contribution in [0.3, 0.4) is 0 Å². The highest BCUT2D eigenvalue weighted by molar-refractivity contribution is 5.44. The SMILES string of the molecule is C\C=C/C=C1/COC2(CCNCC2)/C1=C/C. The van der Waals surface area contributed by atoms with Gasteiger partial charge in [0.05, 0.1) is 12.2 Å². The maximum absolute atomic E-state index is 6.08. The van der Waals surface area contributed by atoms with Crippen LogP contribution >= 0.6 is 0 Å². The quantitative estimate of drug-likeness (QED) is 0.732. The van der Waals surface area contributed by atoms with E-state index < -0.39 is 0 Å². The lowest BCUT2D eigenvalue weighted by Crippen LogP contribution is -2.42. The van der Waals surface area contributed by atoms with Crippen molar-refractivity contribution in [2.75, 3.05) is 19.7 Å². The molecule has 2 heteroatoms. The summed E-state index contributed by atoms with van der Waals surface area (Å²) in [5.41, 5.74) is 2.77. The van der Waals surface area contributed by atoms with Crippen LogP contribution in [0.2, 0.25) is 0 Å². The normalized spacial score (nSPS) is 29.9. The third-order valence-corrected chi connectivity index (χ3v) is 3.53. The van der Waals surface area contributed by atoms with Crippen molar-refractivity contribution in [3.8, 4) is 0 Å². The predicted octanol–water partition coefficient (Wildman–Crippen LogP) is 2.59. The van der Waals surface area contributed by atoms with Gasteiger partial charge in [-0.25, -0.2) is 0 Å². The van der Waals surface area contributed by atoms with Gasteiger partial charge in [-0.2, -0.15) is 0 Å². The molecule has 2 fully saturated rings. The third kappa shape index (κ3) is 2.00.